The van der Waals surface area contributed by atoms with Crippen LogP contribution in [0.4, 0.5) is 0 Å². The number of nitrogens with zero attached hydrogens (tertiary/aromatic N) is 1. The predicted molar refractivity (Wildman–Crippen MR) is 144 cm³/mol. The third-order valence-electron chi connectivity index (χ3n) is 11.8. The SMILES string of the molecule is C[C@]12CC=C3C=C4CC[C@H]([N+](C)([O-])C5CC5)C[C@]45CC[C@]3(O5)[C@@H]1CC[C@@H]2c1ccc2ccccc2c1. The van der Waals surface area contributed by atoms with Gasteiger partial charge in [-0.05, 0) is 83.3 Å². The minimum atomic E-state index is -0.182. The second-order valence-corrected chi connectivity index (χ2v) is 13.5. The van der Waals surface area contributed by atoms with Crippen molar-refractivity contribution in [2.45, 2.75) is 100 Å². The number of ether oxygens (including phenoxy) is 1. The Morgan fingerprint density at radius 3 is 2.61 bits per heavy atom. The van der Waals surface area contributed by atoms with Gasteiger partial charge in [0, 0.05) is 25.7 Å². The van der Waals surface area contributed by atoms with Gasteiger partial charge in [0.2, 0.25) is 0 Å². The standard InChI is InChI=1S/C33H39NO2/c1-31-16-15-26-20-25-9-10-28(34(2,35)27-11-12-27)21-32(25)17-18-33(26,36-32)30(31)14-13-29(31)24-8-7-22-5-3-4-6-23(22)19-24/h3-8,15,19-20,27-30H,9-14,16-18,21H2,1-2H3/t28-,29+,30+,31+,32+,33+,34?/m0/s1. The molecule has 2 heterocycles. The first-order valence-electron chi connectivity index (χ1n) is 14.5. The largest absolute Gasteiger partial charge is 0.633 e. The molecule has 2 bridgehead atoms. The van der Waals surface area contributed by atoms with Crippen LogP contribution in [0.25, 0.3) is 10.8 Å². The summed E-state index contributed by atoms with van der Waals surface area (Å²) in [5.41, 5.74) is 4.38. The lowest BCUT2D eigenvalue weighted by Gasteiger charge is -2.56. The first kappa shape index (κ1) is 22.1. The van der Waals surface area contributed by atoms with E-state index in [0.717, 1.165) is 51.4 Å². The van der Waals surface area contributed by atoms with Gasteiger partial charge in [-0.1, -0.05) is 61.5 Å². The molecule has 4 fully saturated rings. The van der Waals surface area contributed by atoms with Crippen LogP contribution in [-0.4, -0.2) is 35.0 Å². The van der Waals surface area contributed by atoms with Gasteiger partial charge in [-0.3, -0.25) is 0 Å². The van der Waals surface area contributed by atoms with E-state index in [1.165, 1.54) is 40.3 Å². The lowest BCUT2D eigenvalue weighted by molar-refractivity contribution is -0.899. The molecule has 3 heteroatoms. The van der Waals surface area contributed by atoms with Gasteiger partial charge in [0.05, 0.1) is 30.3 Å². The third kappa shape index (κ3) is 2.80. The summed E-state index contributed by atoms with van der Waals surface area (Å²) >= 11 is 0. The summed E-state index contributed by atoms with van der Waals surface area (Å²) in [6.45, 7) is 2.56. The lowest BCUT2D eigenvalue weighted by Crippen LogP contribution is -2.58. The minimum Gasteiger partial charge on any atom is -0.633 e. The van der Waals surface area contributed by atoms with E-state index >= 15 is 0 Å². The number of rotatable bonds is 3. The van der Waals surface area contributed by atoms with Crippen molar-refractivity contribution in [1.82, 2.24) is 0 Å². The Morgan fingerprint density at radius 1 is 0.944 bits per heavy atom. The smallest absolute Gasteiger partial charge is 0.0975 e. The van der Waals surface area contributed by atoms with E-state index in [9.17, 15) is 5.21 Å². The average molecular weight is 482 g/mol. The summed E-state index contributed by atoms with van der Waals surface area (Å²) in [5, 5.41) is 16.3. The summed E-state index contributed by atoms with van der Waals surface area (Å²) in [6, 6.07) is 16.5. The zero-order valence-corrected chi connectivity index (χ0v) is 21.8. The number of fused-ring (bicyclic) bond motifs is 2. The van der Waals surface area contributed by atoms with E-state index in [-0.39, 0.29) is 27.3 Å². The second-order valence-electron chi connectivity index (χ2n) is 13.5. The molecular formula is C33H39NO2. The molecule has 0 amide bonds. The Balaban J connectivity index is 1.15. The van der Waals surface area contributed by atoms with Crippen LogP contribution in [0, 0.1) is 16.5 Å². The third-order valence-corrected chi connectivity index (χ3v) is 11.8. The average Bonchev–Trinajstić information content (AvgIpc) is 3.63. The van der Waals surface area contributed by atoms with Gasteiger partial charge in [-0.15, -0.1) is 0 Å². The van der Waals surface area contributed by atoms with E-state index in [0.29, 0.717) is 17.9 Å². The van der Waals surface area contributed by atoms with E-state index in [2.05, 4.69) is 61.5 Å². The van der Waals surface area contributed by atoms with Crippen molar-refractivity contribution < 1.29 is 9.38 Å². The number of hydrogen-bond acceptors (Lipinski definition) is 2. The van der Waals surface area contributed by atoms with Crippen LogP contribution in [-0.2, 0) is 4.74 Å². The molecule has 2 aromatic carbocycles. The molecule has 2 aliphatic heterocycles. The van der Waals surface area contributed by atoms with Crippen LogP contribution in [0.1, 0.15) is 82.6 Å². The van der Waals surface area contributed by atoms with Crippen molar-refractivity contribution in [1.29, 1.82) is 0 Å². The summed E-state index contributed by atoms with van der Waals surface area (Å²) in [6.07, 6.45) is 16.2. The van der Waals surface area contributed by atoms with Crippen LogP contribution < -0.4 is 0 Å². The van der Waals surface area contributed by atoms with Crippen LogP contribution in [0.15, 0.2) is 65.8 Å². The van der Waals surface area contributed by atoms with Gasteiger partial charge in [-0.2, -0.15) is 0 Å². The van der Waals surface area contributed by atoms with Crippen molar-refractivity contribution in [3.63, 3.8) is 0 Å². The molecule has 0 aromatic heterocycles. The Labute approximate surface area is 215 Å². The van der Waals surface area contributed by atoms with Gasteiger partial charge in [0.1, 0.15) is 0 Å². The monoisotopic (exact) mass is 481 g/mol. The highest BCUT2D eigenvalue weighted by Crippen LogP contribution is 2.69. The van der Waals surface area contributed by atoms with Crippen molar-refractivity contribution in [3.05, 3.63) is 76.5 Å². The molecule has 7 atom stereocenters. The molecule has 1 saturated heterocycles. The first-order chi connectivity index (χ1) is 17.3. The van der Waals surface area contributed by atoms with E-state index in [1.54, 1.807) is 0 Å². The minimum absolute atomic E-state index is 0.0285. The van der Waals surface area contributed by atoms with Crippen LogP contribution in [0.2, 0.25) is 0 Å². The normalized spacial score (nSPS) is 42.7. The van der Waals surface area contributed by atoms with Crippen LogP contribution in [0.3, 0.4) is 0 Å². The molecular weight excluding hydrogens is 442 g/mol. The molecule has 3 saturated carbocycles. The van der Waals surface area contributed by atoms with E-state index in [4.69, 9.17) is 4.74 Å². The Morgan fingerprint density at radius 2 is 1.78 bits per heavy atom. The molecule has 0 radical (unpaired) electrons. The Kier molecular flexibility index (Phi) is 4.37. The predicted octanol–water partition coefficient (Wildman–Crippen LogP) is 7.56. The number of allylic oxidation sites excluding steroid dienone is 1. The Hall–Kier alpha value is -1.94. The molecule has 6 aliphatic rings. The van der Waals surface area contributed by atoms with Gasteiger partial charge < -0.3 is 14.6 Å². The molecule has 8 rings (SSSR count). The van der Waals surface area contributed by atoms with Crippen molar-refractivity contribution >= 4 is 10.8 Å². The van der Waals surface area contributed by atoms with Gasteiger partial charge >= 0.3 is 0 Å². The summed E-state index contributed by atoms with van der Waals surface area (Å²) in [4.78, 5) is 0. The molecule has 2 spiro atoms. The van der Waals surface area contributed by atoms with Crippen molar-refractivity contribution in [3.8, 4) is 0 Å². The zero-order valence-electron chi connectivity index (χ0n) is 21.8. The van der Waals surface area contributed by atoms with Gasteiger partial charge in [0.25, 0.3) is 0 Å². The quantitative estimate of drug-likeness (QED) is 0.335. The van der Waals surface area contributed by atoms with E-state index < -0.39 is 0 Å². The summed E-state index contributed by atoms with van der Waals surface area (Å²) in [7, 11) is 1.95. The van der Waals surface area contributed by atoms with Crippen LogP contribution in [0.5, 0.6) is 0 Å². The first-order valence-corrected chi connectivity index (χ1v) is 14.5. The fourth-order valence-electron chi connectivity index (χ4n) is 9.68. The van der Waals surface area contributed by atoms with E-state index in [1.807, 2.05) is 7.05 Å². The maximum Gasteiger partial charge on any atom is 0.0975 e. The molecule has 36 heavy (non-hydrogen) atoms. The summed E-state index contributed by atoms with van der Waals surface area (Å²) < 4.78 is 7.43. The van der Waals surface area contributed by atoms with Gasteiger partial charge in [-0.25, -0.2) is 0 Å². The molecule has 3 nitrogen and oxygen atoms in total. The highest BCUT2D eigenvalue weighted by Gasteiger charge is 2.67. The number of hydrogen-bond donors (Lipinski definition) is 0. The highest BCUT2D eigenvalue weighted by atomic mass is 16.6. The number of benzene rings is 2. The topological polar surface area (TPSA) is 32.3 Å². The zero-order chi connectivity index (χ0) is 24.3. The van der Waals surface area contributed by atoms with Crippen molar-refractivity contribution in [2.24, 2.45) is 11.3 Å². The fourth-order valence-corrected chi connectivity index (χ4v) is 9.68. The Bertz CT molecular complexity index is 1320. The molecule has 0 N–H and O–H groups in total. The maximum absolute atomic E-state index is 13.6. The fraction of sp³-hybridized carbons (Fsp3) is 0.576. The van der Waals surface area contributed by atoms with Crippen molar-refractivity contribution in [2.75, 3.05) is 7.05 Å². The molecule has 1 unspecified atom stereocenters. The summed E-state index contributed by atoms with van der Waals surface area (Å²) in [5.74, 6) is 1.12. The van der Waals surface area contributed by atoms with Gasteiger partial charge in [0.15, 0.2) is 0 Å². The molecule has 188 valence electrons. The maximum atomic E-state index is 13.6. The lowest BCUT2D eigenvalue weighted by atomic mass is 9.58. The number of hydroxylamine groups is 3. The number of quaternary nitrogens is 1. The second kappa shape index (κ2) is 7.12. The highest BCUT2D eigenvalue weighted by molar-refractivity contribution is 5.83. The molecule has 2 aromatic rings. The molecule has 4 aliphatic carbocycles. The van der Waals surface area contributed by atoms with Crippen LogP contribution >= 0.6 is 0 Å².